The Labute approximate surface area is 117 Å². The summed E-state index contributed by atoms with van der Waals surface area (Å²) in [5, 5.41) is 0. The second kappa shape index (κ2) is 6.55. The first-order valence-corrected chi connectivity index (χ1v) is 7.25. The Hall–Kier alpha value is -0.580. The fraction of sp³-hybridized carbons (Fsp3) is 0.571. The summed E-state index contributed by atoms with van der Waals surface area (Å²) in [4.78, 5) is 0. The molecule has 0 aliphatic carbocycles. The first-order chi connectivity index (χ1) is 8.66. The normalized spacial score (nSPS) is 21.6. The van der Waals surface area contributed by atoms with Crippen molar-refractivity contribution in [1.82, 2.24) is 0 Å². The van der Waals surface area contributed by atoms with Crippen molar-refractivity contribution in [3.8, 4) is 5.75 Å². The smallest absolute Gasteiger partial charge is 0.124 e. The zero-order chi connectivity index (χ0) is 13.0. The van der Waals surface area contributed by atoms with Crippen LogP contribution >= 0.6 is 15.9 Å². The van der Waals surface area contributed by atoms with Gasteiger partial charge in [0.05, 0.1) is 6.10 Å². The van der Waals surface area contributed by atoms with Crippen LogP contribution in [0.2, 0.25) is 0 Å². The number of halogens is 1. The minimum atomic E-state index is -0.0372. The van der Waals surface area contributed by atoms with Gasteiger partial charge in [-0.3, -0.25) is 0 Å². The topological polar surface area (TPSA) is 44.5 Å². The summed E-state index contributed by atoms with van der Waals surface area (Å²) < 4.78 is 12.5. The summed E-state index contributed by atoms with van der Waals surface area (Å²) in [7, 11) is 0. The Morgan fingerprint density at radius 1 is 1.50 bits per heavy atom. The molecule has 2 N–H and O–H groups in total. The molecule has 18 heavy (non-hydrogen) atoms. The van der Waals surface area contributed by atoms with Crippen LogP contribution in [0, 0.1) is 0 Å². The molecule has 0 spiro atoms. The van der Waals surface area contributed by atoms with Crippen molar-refractivity contribution in [2.45, 2.75) is 38.3 Å². The third kappa shape index (κ3) is 3.70. The van der Waals surface area contributed by atoms with Gasteiger partial charge in [0.15, 0.2) is 0 Å². The first-order valence-electron chi connectivity index (χ1n) is 6.46. The summed E-state index contributed by atoms with van der Waals surface area (Å²) in [6.07, 6.45) is 3.71. The molecular formula is C14H20BrNO2. The fourth-order valence-electron chi connectivity index (χ4n) is 2.13. The Balaban J connectivity index is 1.99. The molecule has 0 bridgehead atoms. The van der Waals surface area contributed by atoms with Crippen LogP contribution in [0.1, 0.15) is 37.8 Å². The maximum Gasteiger partial charge on any atom is 0.124 e. The lowest BCUT2D eigenvalue weighted by molar-refractivity contribution is -0.0112. The van der Waals surface area contributed by atoms with Crippen molar-refractivity contribution < 1.29 is 9.47 Å². The summed E-state index contributed by atoms with van der Waals surface area (Å²) in [5.74, 6) is 0.863. The van der Waals surface area contributed by atoms with Gasteiger partial charge in [-0.1, -0.05) is 15.9 Å². The molecule has 1 saturated heterocycles. The van der Waals surface area contributed by atoms with Gasteiger partial charge in [-0.2, -0.15) is 0 Å². The molecule has 0 saturated carbocycles. The van der Waals surface area contributed by atoms with Crippen LogP contribution in [-0.4, -0.2) is 19.3 Å². The number of hydrogen-bond acceptors (Lipinski definition) is 3. The number of hydrogen-bond donors (Lipinski definition) is 1. The van der Waals surface area contributed by atoms with Gasteiger partial charge in [-0.25, -0.2) is 0 Å². The fourth-order valence-corrected chi connectivity index (χ4v) is 2.51. The molecule has 3 nitrogen and oxygen atoms in total. The Morgan fingerprint density at radius 3 is 3.00 bits per heavy atom. The molecule has 0 amide bonds. The lowest BCUT2D eigenvalue weighted by Crippen LogP contribution is -2.26. The average Bonchev–Trinajstić information content (AvgIpc) is 2.38. The summed E-state index contributed by atoms with van der Waals surface area (Å²) >= 11 is 3.46. The van der Waals surface area contributed by atoms with E-state index < -0.39 is 0 Å². The van der Waals surface area contributed by atoms with E-state index in [4.69, 9.17) is 15.2 Å². The van der Waals surface area contributed by atoms with Gasteiger partial charge in [0.1, 0.15) is 12.4 Å². The summed E-state index contributed by atoms with van der Waals surface area (Å²) in [5.41, 5.74) is 6.99. The van der Waals surface area contributed by atoms with Crippen molar-refractivity contribution in [1.29, 1.82) is 0 Å². The molecule has 4 heteroatoms. The highest BCUT2D eigenvalue weighted by Gasteiger charge is 2.16. The van der Waals surface area contributed by atoms with Gasteiger partial charge >= 0.3 is 0 Å². The van der Waals surface area contributed by atoms with E-state index in [0.717, 1.165) is 28.8 Å². The van der Waals surface area contributed by atoms with E-state index in [-0.39, 0.29) is 12.1 Å². The zero-order valence-corrected chi connectivity index (χ0v) is 12.3. The standard InChI is InChI=1S/C14H20BrNO2/c1-10(16)13-8-11(15)5-6-14(13)18-9-12-4-2-3-7-17-12/h5-6,8,10,12H,2-4,7,9,16H2,1H3. The second-order valence-corrected chi connectivity index (χ2v) is 5.69. The van der Waals surface area contributed by atoms with E-state index in [2.05, 4.69) is 15.9 Å². The maximum absolute atomic E-state index is 5.96. The van der Waals surface area contributed by atoms with Gasteiger partial charge < -0.3 is 15.2 Å². The number of benzene rings is 1. The molecule has 0 radical (unpaired) electrons. The van der Waals surface area contributed by atoms with E-state index in [1.807, 2.05) is 25.1 Å². The van der Waals surface area contributed by atoms with Gasteiger partial charge in [0.25, 0.3) is 0 Å². The predicted molar refractivity (Wildman–Crippen MR) is 75.8 cm³/mol. The highest BCUT2D eigenvalue weighted by Crippen LogP contribution is 2.28. The molecule has 2 unspecified atom stereocenters. The Kier molecular flexibility index (Phi) is 5.03. The maximum atomic E-state index is 5.96. The average molecular weight is 314 g/mol. The number of rotatable bonds is 4. The van der Waals surface area contributed by atoms with Crippen LogP contribution in [-0.2, 0) is 4.74 Å². The molecule has 1 heterocycles. The number of nitrogens with two attached hydrogens (primary N) is 1. The van der Waals surface area contributed by atoms with Gasteiger partial charge in [0.2, 0.25) is 0 Å². The molecule has 1 fully saturated rings. The van der Waals surface area contributed by atoms with E-state index >= 15 is 0 Å². The largest absolute Gasteiger partial charge is 0.491 e. The molecule has 1 aliphatic rings. The third-order valence-electron chi connectivity index (χ3n) is 3.16. The molecule has 1 aromatic rings. The zero-order valence-electron chi connectivity index (χ0n) is 10.7. The van der Waals surface area contributed by atoms with Crippen LogP contribution in [0.4, 0.5) is 0 Å². The Bertz CT molecular complexity index is 389. The van der Waals surface area contributed by atoms with E-state index in [1.165, 1.54) is 12.8 Å². The molecule has 100 valence electrons. The van der Waals surface area contributed by atoms with Gasteiger partial charge in [0, 0.05) is 22.7 Å². The van der Waals surface area contributed by atoms with Crippen LogP contribution in [0.3, 0.4) is 0 Å². The highest BCUT2D eigenvalue weighted by atomic mass is 79.9. The SMILES string of the molecule is CC(N)c1cc(Br)ccc1OCC1CCCCO1. The van der Waals surface area contributed by atoms with Crippen LogP contribution < -0.4 is 10.5 Å². The monoisotopic (exact) mass is 313 g/mol. The highest BCUT2D eigenvalue weighted by molar-refractivity contribution is 9.10. The van der Waals surface area contributed by atoms with Crippen molar-refractivity contribution >= 4 is 15.9 Å². The van der Waals surface area contributed by atoms with Crippen LogP contribution in [0.25, 0.3) is 0 Å². The summed E-state index contributed by atoms with van der Waals surface area (Å²) in [6, 6.07) is 5.92. The third-order valence-corrected chi connectivity index (χ3v) is 3.65. The second-order valence-electron chi connectivity index (χ2n) is 4.77. The minimum Gasteiger partial charge on any atom is -0.491 e. The van der Waals surface area contributed by atoms with Gasteiger partial charge in [-0.05, 0) is 44.4 Å². The Morgan fingerprint density at radius 2 is 2.33 bits per heavy atom. The van der Waals surface area contributed by atoms with E-state index in [9.17, 15) is 0 Å². The molecule has 2 rings (SSSR count). The van der Waals surface area contributed by atoms with Gasteiger partial charge in [-0.15, -0.1) is 0 Å². The van der Waals surface area contributed by atoms with Crippen molar-refractivity contribution in [3.05, 3.63) is 28.2 Å². The molecule has 0 aromatic heterocycles. The number of ether oxygens (including phenoxy) is 2. The lowest BCUT2D eigenvalue weighted by Gasteiger charge is -2.23. The van der Waals surface area contributed by atoms with E-state index in [1.54, 1.807) is 0 Å². The van der Waals surface area contributed by atoms with Crippen molar-refractivity contribution in [2.24, 2.45) is 5.73 Å². The predicted octanol–water partition coefficient (Wildman–Crippen LogP) is 3.42. The first kappa shape index (κ1) is 13.8. The van der Waals surface area contributed by atoms with Crippen molar-refractivity contribution in [3.63, 3.8) is 0 Å². The van der Waals surface area contributed by atoms with E-state index in [0.29, 0.717) is 6.61 Å². The van der Waals surface area contributed by atoms with Crippen LogP contribution in [0.5, 0.6) is 5.75 Å². The molecule has 2 atom stereocenters. The minimum absolute atomic E-state index is 0.0372. The summed E-state index contributed by atoms with van der Waals surface area (Å²) in [6.45, 7) is 3.43. The molecular weight excluding hydrogens is 294 g/mol. The molecule has 1 aromatic carbocycles. The van der Waals surface area contributed by atoms with Crippen LogP contribution in [0.15, 0.2) is 22.7 Å². The van der Waals surface area contributed by atoms with Crippen molar-refractivity contribution in [2.75, 3.05) is 13.2 Å². The quantitative estimate of drug-likeness (QED) is 0.926. The lowest BCUT2D eigenvalue weighted by atomic mass is 10.1. The molecule has 1 aliphatic heterocycles.